The normalized spacial score (nSPS) is 27.4. The molecular weight excluding hydrogens is 480 g/mol. The van der Waals surface area contributed by atoms with Crippen LogP contribution in [0.4, 0.5) is 0 Å². The standard InChI is InChI=1S/C18H14N4O7S3/c23-11-3-13-21(11)9(6-30-13)15(25)28-17(8-5-20-1-2-32(27)18(20)19-8)29-16(26)10-7-31-14-4-12(24)22(10)14/h5-7,13-14,17H,1-4H2/t13-,14-,32+/m0/s1. The Morgan fingerprint density at radius 2 is 1.62 bits per heavy atom. The number of imidazole rings is 1. The van der Waals surface area contributed by atoms with Crippen molar-refractivity contribution >= 4 is 58.5 Å². The Bertz CT molecular complexity index is 1090. The van der Waals surface area contributed by atoms with Crippen LogP contribution in [-0.2, 0) is 46.4 Å². The Morgan fingerprint density at radius 3 is 2.12 bits per heavy atom. The molecule has 1 aromatic heterocycles. The number of ether oxygens (including phenoxy) is 2. The SMILES string of the molecule is O=C(OC(OC(=O)C1=CS[C@H]2CC(=O)N12)c1cn2c(n1)[S@+]([O-])CC2)C1=CS[C@H]2CC(=O)N12. The Kier molecular flexibility index (Phi) is 4.61. The van der Waals surface area contributed by atoms with E-state index < -0.39 is 29.4 Å². The number of fused-ring (bicyclic) bond motifs is 3. The summed E-state index contributed by atoms with van der Waals surface area (Å²) in [5.74, 6) is -1.63. The van der Waals surface area contributed by atoms with E-state index in [1.54, 1.807) is 15.4 Å². The lowest BCUT2D eigenvalue weighted by molar-refractivity contribution is -0.188. The summed E-state index contributed by atoms with van der Waals surface area (Å²) in [6.45, 7) is 0.473. The molecule has 0 spiro atoms. The van der Waals surface area contributed by atoms with Gasteiger partial charge < -0.3 is 14.0 Å². The molecule has 0 unspecified atom stereocenters. The third-order valence-electron chi connectivity index (χ3n) is 5.57. The van der Waals surface area contributed by atoms with E-state index in [1.165, 1.54) is 39.5 Å². The van der Waals surface area contributed by atoms with Crippen LogP contribution in [-0.4, -0.2) is 64.2 Å². The van der Waals surface area contributed by atoms with Gasteiger partial charge in [0.2, 0.25) is 11.8 Å². The number of nitrogens with zero attached hydrogens (tertiary/aromatic N) is 4. The number of esters is 2. The van der Waals surface area contributed by atoms with Crippen molar-refractivity contribution in [2.24, 2.45) is 0 Å². The molecule has 14 heteroatoms. The molecule has 1 aromatic rings. The summed E-state index contributed by atoms with van der Waals surface area (Å²) in [4.78, 5) is 56.3. The maximum absolute atomic E-state index is 12.8. The molecular formula is C18H14N4O7S3. The van der Waals surface area contributed by atoms with Crippen LogP contribution in [0.15, 0.2) is 33.6 Å². The van der Waals surface area contributed by atoms with Crippen molar-refractivity contribution in [3.63, 3.8) is 0 Å². The minimum Gasteiger partial charge on any atom is -0.609 e. The molecule has 0 aliphatic carbocycles. The average molecular weight is 495 g/mol. The lowest BCUT2D eigenvalue weighted by atomic mass is 10.2. The summed E-state index contributed by atoms with van der Waals surface area (Å²) >= 11 is 1.37. The maximum atomic E-state index is 12.8. The van der Waals surface area contributed by atoms with Crippen LogP contribution < -0.4 is 0 Å². The first-order valence-corrected chi connectivity index (χ1v) is 12.8. The van der Waals surface area contributed by atoms with Gasteiger partial charge in [0.15, 0.2) is 0 Å². The van der Waals surface area contributed by atoms with Crippen molar-refractivity contribution in [2.75, 3.05) is 5.75 Å². The molecule has 0 N–H and O–H groups in total. The van der Waals surface area contributed by atoms with Gasteiger partial charge in [0, 0.05) is 28.2 Å². The highest BCUT2D eigenvalue weighted by atomic mass is 32.2. The van der Waals surface area contributed by atoms with E-state index in [4.69, 9.17) is 9.47 Å². The molecule has 6 heterocycles. The number of amides is 2. The van der Waals surface area contributed by atoms with Gasteiger partial charge in [-0.3, -0.25) is 24.0 Å². The predicted molar refractivity (Wildman–Crippen MR) is 110 cm³/mol. The first-order valence-electron chi connectivity index (χ1n) is 9.63. The molecule has 6 rings (SSSR count). The van der Waals surface area contributed by atoms with Crippen LogP contribution >= 0.6 is 23.5 Å². The molecule has 11 nitrogen and oxygen atoms in total. The van der Waals surface area contributed by atoms with E-state index >= 15 is 0 Å². The van der Waals surface area contributed by atoms with Crippen molar-refractivity contribution < 1.29 is 33.2 Å². The molecule has 2 saturated heterocycles. The van der Waals surface area contributed by atoms with Crippen molar-refractivity contribution in [3.8, 4) is 0 Å². The highest BCUT2D eigenvalue weighted by molar-refractivity contribution is 8.03. The van der Waals surface area contributed by atoms with Crippen molar-refractivity contribution in [1.82, 2.24) is 19.4 Å². The molecule has 32 heavy (non-hydrogen) atoms. The van der Waals surface area contributed by atoms with E-state index in [0.29, 0.717) is 30.3 Å². The molecule has 5 aliphatic heterocycles. The van der Waals surface area contributed by atoms with Gasteiger partial charge in [-0.2, -0.15) is 4.98 Å². The number of hydrogen-bond acceptors (Lipinski definition) is 10. The zero-order valence-corrected chi connectivity index (χ0v) is 18.6. The quantitative estimate of drug-likeness (QED) is 0.245. The van der Waals surface area contributed by atoms with Crippen LogP contribution in [0.2, 0.25) is 0 Å². The molecule has 2 amide bonds. The summed E-state index contributed by atoms with van der Waals surface area (Å²) in [6, 6.07) is 0. The number of aromatic nitrogens is 2. The highest BCUT2D eigenvalue weighted by Gasteiger charge is 2.48. The van der Waals surface area contributed by atoms with Crippen LogP contribution in [0.1, 0.15) is 24.8 Å². The van der Waals surface area contributed by atoms with E-state index in [9.17, 15) is 23.7 Å². The number of carbonyl (C=O) groups is 4. The van der Waals surface area contributed by atoms with Crippen LogP contribution in [0.25, 0.3) is 0 Å². The summed E-state index contributed by atoms with van der Waals surface area (Å²) in [5.41, 5.74) is 0.243. The zero-order valence-electron chi connectivity index (χ0n) is 16.2. The molecule has 166 valence electrons. The Hall–Kier alpha value is -2.42. The van der Waals surface area contributed by atoms with Crippen molar-refractivity contribution in [2.45, 2.75) is 41.6 Å². The fraction of sp³-hybridized carbons (Fsp3) is 0.389. The van der Waals surface area contributed by atoms with Crippen molar-refractivity contribution in [3.05, 3.63) is 34.1 Å². The molecule has 0 saturated carbocycles. The first kappa shape index (κ1) is 20.2. The second-order valence-corrected chi connectivity index (χ2v) is 11.0. The molecule has 0 aromatic carbocycles. The Morgan fingerprint density at radius 1 is 1.06 bits per heavy atom. The number of thioether (sulfide) groups is 2. The largest absolute Gasteiger partial charge is 0.609 e. The van der Waals surface area contributed by atoms with Gasteiger partial charge in [0.25, 0.3) is 6.29 Å². The van der Waals surface area contributed by atoms with Gasteiger partial charge in [0.05, 0.1) is 30.1 Å². The molecule has 5 aliphatic rings. The number of carbonyl (C=O) groups excluding carboxylic acids is 4. The van der Waals surface area contributed by atoms with E-state index in [2.05, 4.69) is 4.98 Å². The summed E-state index contributed by atoms with van der Waals surface area (Å²) in [7, 11) is 0. The summed E-state index contributed by atoms with van der Waals surface area (Å²) in [6.07, 6.45) is 0.670. The monoisotopic (exact) mass is 494 g/mol. The molecule has 3 atom stereocenters. The maximum Gasteiger partial charge on any atom is 0.359 e. The first-order chi connectivity index (χ1) is 15.4. The van der Waals surface area contributed by atoms with Gasteiger partial charge in [-0.05, 0) is 0 Å². The third kappa shape index (κ3) is 3.00. The van der Waals surface area contributed by atoms with Gasteiger partial charge in [0.1, 0.15) is 22.8 Å². The number of rotatable bonds is 5. The summed E-state index contributed by atoms with van der Waals surface area (Å²) < 4.78 is 24.7. The third-order valence-corrected chi connectivity index (χ3v) is 8.96. The number of aryl methyl sites for hydroxylation is 1. The average Bonchev–Trinajstić information content (AvgIpc) is 3.48. The van der Waals surface area contributed by atoms with Gasteiger partial charge in [-0.15, -0.1) is 23.5 Å². The molecule has 2 fully saturated rings. The van der Waals surface area contributed by atoms with Gasteiger partial charge >= 0.3 is 17.1 Å². The van der Waals surface area contributed by atoms with E-state index in [1.807, 2.05) is 0 Å². The molecule has 0 radical (unpaired) electrons. The van der Waals surface area contributed by atoms with Crippen LogP contribution in [0.5, 0.6) is 0 Å². The van der Waals surface area contributed by atoms with E-state index in [-0.39, 0.29) is 39.7 Å². The lowest BCUT2D eigenvalue weighted by Crippen LogP contribution is -2.49. The van der Waals surface area contributed by atoms with Crippen LogP contribution in [0.3, 0.4) is 0 Å². The molecule has 0 bridgehead atoms. The number of β-lactam (4-membered cyclic amide) rings is 2. The second-order valence-electron chi connectivity index (χ2n) is 7.46. The van der Waals surface area contributed by atoms with E-state index in [0.717, 1.165) is 0 Å². The topological polar surface area (TPSA) is 134 Å². The Balaban J connectivity index is 1.25. The highest BCUT2D eigenvalue weighted by Crippen LogP contribution is 2.43. The smallest absolute Gasteiger partial charge is 0.359 e. The van der Waals surface area contributed by atoms with Gasteiger partial charge in [-0.25, -0.2) is 9.59 Å². The fourth-order valence-electron chi connectivity index (χ4n) is 3.87. The lowest BCUT2D eigenvalue weighted by Gasteiger charge is -2.35. The van der Waals surface area contributed by atoms with Gasteiger partial charge in [-0.1, -0.05) is 0 Å². The number of hydrogen-bond donors (Lipinski definition) is 0. The summed E-state index contributed by atoms with van der Waals surface area (Å²) in [5, 5.41) is 3.14. The predicted octanol–water partition coefficient (Wildman–Crippen LogP) is 0.383. The van der Waals surface area contributed by atoms with Crippen LogP contribution in [0, 0.1) is 0 Å². The minimum absolute atomic E-state index is 0.0706. The zero-order chi connectivity index (χ0) is 22.1. The van der Waals surface area contributed by atoms with Crippen molar-refractivity contribution in [1.29, 1.82) is 0 Å². The Labute approximate surface area is 192 Å². The minimum atomic E-state index is -1.53. The fourth-order valence-corrected chi connectivity index (χ4v) is 7.20. The second kappa shape index (κ2) is 7.30.